The third-order valence-corrected chi connectivity index (χ3v) is 7.43. The molecule has 180 valence electrons. The van der Waals surface area contributed by atoms with E-state index in [2.05, 4.69) is 5.32 Å². The first kappa shape index (κ1) is 26.5. The minimum atomic E-state index is -3.71. The van der Waals surface area contributed by atoms with Crippen LogP contribution in [0.4, 0.5) is 5.69 Å². The van der Waals surface area contributed by atoms with Gasteiger partial charge in [0.15, 0.2) is 6.61 Å². The van der Waals surface area contributed by atoms with Crippen LogP contribution in [0, 0.1) is 0 Å². The summed E-state index contributed by atoms with van der Waals surface area (Å²) in [4.78, 5) is 25.1. The number of amides is 1. The van der Waals surface area contributed by atoms with Crippen LogP contribution in [0.1, 0.15) is 74.9 Å². The number of carbonyl (C=O) groups is 2. The number of para-hydroxylation sites is 1. The first-order chi connectivity index (χ1) is 15.5. The average Bonchev–Trinajstić information content (AvgIpc) is 2.78. The second-order valence-electron chi connectivity index (χ2n) is 8.36. The zero-order chi connectivity index (χ0) is 24.8. The van der Waals surface area contributed by atoms with Crippen LogP contribution in [0.3, 0.4) is 0 Å². The van der Waals surface area contributed by atoms with E-state index in [-0.39, 0.29) is 22.3 Å². The van der Waals surface area contributed by atoms with Crippen molar-refractivity contribution in [3.8, 4) is 0 Å². The van der Waals surface area contributed by atoms with Crippen LogP contribution in [-0.2, 0) is 19.6 Å². The molecule has 0 bridgehead atoms. The SMILES string of the molecule is CCN(CC)S(=O)(=O)c1cccc(C(=O)OCC(=O)Nc2c(C(C)C)cccc2C(C)C)c1. The molecule has 0 aliphatic carbocycles. The number of nitrogens with zero attached hydrogens (tertiary/aromatic N) is 1. The monoisotopic (exact) mass is 474 g/mol. The molecule has 0 aliphatic rings. The van der Waals surface area contributed by atoms with Crippen molar-refractivity contribution in [2.75, 3.05) is 25.0 Å². The Bertz CT molecular complexity index is 1060. The Kier molecular flexibility index (Phi) is 9.19. The molecule has 8 heteroatoms. The maximum Gasteiger partial charge on any atom is 0.338 e. The van der Waals surface area contributed by atoms with E-state index in [9.17, 15) is 18.0 Å². The molecule has 2 rings (SSSR count). The molecule has 0 aromatic heterocycles. The molecule has 0 radical (unpaired) electrons. The van der Waals surface area contributed by atoms with E-state index < -0.39 is 28.5 Å². The summed E-state index contributed by atoms with van der Waals surface area (Å²) in [6, 6.07) is 11.6. The fourth-order valence-corrected chi connectivity index (χ4v) is 5.09. The Balaban J connectivity index is 2.15. The zero-order valence-electron chi connectivity index (χ0n) is 20.2. The van der Waals surface area contributed by atoms with E-state index in [4.69, 9.17) is 4.74 Å². The Morgan fingerprint density at radius 2 is 1.48 bits per heavy atom. The van der Waals surface area contributed by atoms with Gasteiger partial charge < -0.3 is 10.1 Å². The number of benzene rings is 2. The molecule has 0 saturated heterocycles. The Hall–Kier alpha value is -2.71. The molecule has 0 saturated carbocycles. The smallest absolute Gasteiger partial charge is 0.338 e. The van der Waals surface area contributed by atoms with Crippen molar-refractivity contribution in [2.45, 2.75) is 58.3 Å². The molecule has 1 N–H and O–H groups in total. The van der Waals surface area contributed by atoms with Gasteiger partial charge in [0.2, 0.25) is 10.0 Å². The summed E-state index contributed by atoms with van der Waals surface area (Å²) in [5.41, 5.74) is 2.84. The van der Waals surface area contributed by atoms with Crippen molar-refractivity contribution in [2.24, 2.45) is 0 Å². The van der Waals surface area contributed by atoms with Crippen molar-refractivity contribution in [1.82, 2.24) is 4.31 Å². The number of anilines is 1. The number of nitrogens with one attached hydrogen (secondary N) is 1. The molecule has 0 heterocycles. The topological polar surface area (TPSA) is 92.8 Å². The maximum absolute atomic E-state index is 12.7. The lowest BCUT2D eigenvalue weighted by atomic mass is 9.92. The molecule has 33 heavy (non-hydrogen) atoms. The van der Waals surface area contributed by atoms with Gasteiger partial charge in [-0.1, -0.05) is 65.8 Å². The minimum absolute atomic E-state index is 0.0116. The number of esters is 1. The molecule has 0 fully saturated rings. The standard InChI is InChI=1S/C25H34N2O5S/c1-7-27(8-2)33(30,31)20-12-9-11-19(15-20)25(29)32-16-23(28)26-24-21(17(3)4)13-10-14-22(24)18(5)6/h9-15,17-18H,7-8,16H2,1-6H3,(H,26,28). The highest BCUT2D eigenvalue weighted by Crippen LogP contribution is 2.32. The number of sulfonamides is 1. The predicted octanol–water partition coefficient (Wildman–Crippen LogP) is 4.76. The van der Waals surface area contributed by atoms with Gasteiger partial charge in [0, 0.05) is 18.8 Å². The van der Waals surface area contributed by atoms with Crippen LogP contribution in [0.25, 0.3) is 0 Å². The minimum Gasteiger partial charge on any atom is -0.452 e. The number of carbonyl (C=O) groups excluding carboxylic acids is 2. The highest BCUT2D eigenvalue weighted by atomic mass is 32.2. The van der Waals surface area contributed by atoms with Crippen LogP contribution >= 0.6 is 0 Å². The second-order valence-corrected chi connectivity index (χ2v) is 10.3. The van der Waals surface area contributed by atoms with E-state index in [1.807, 2.05) is 45.9 Å². The molecule has 0 spiro atoms. The van der Waals surface area contributed by atoms with Crippen LogP contribution < -0.4 is 5.32 Å². The molecule has 7 nitrogen and oxygen atoms in total. The number of hydrogen-bond donors (Lipinski definition) is 1. The molecule has 2 aromatic carbocycles. The lowest BCUT2D eigenvalue weighted by molar-refractivity contribution is -0.119. The quantitative estimate of drug-likeness (QED) is 0.501. The first-order valence-corrected chi connectivity index (χ1v) is 12.7. The number of hydrogen-bond acceptors (Lipinski definition) is 5. The summed E-state index contributed by atoms with van der Waals surface area (Å²) >= 11 is 0. The van der Waals surface area contributed by atoms with Crippen LogP contribution in [0.5, 0.6) is 0 Å². The normalized spacial score (nSPS) is 11.8. The first-order valence-electron chi connectivity index (χ1n) is 11.2. The Labute approximate surface area is 197 Å². The molecule has 0 atom stereocenters. The predicted molar refractivity (Wildman–Crippen MR) is 130 cm³/mol. The molecule has 0 aliphatic heterocycles. The van der Waals surface area contributed by atoms with Crippen molar-refractivity contribution < 1.29 is 22.7 Å². The van der Waals surface area contributed by atoms with E-state index in [0.29, 0.717) is 13.1 Å². The number of rotatable bonds is 10. The number of ether oxygens (including phenoxy) is 1. The third-order valence-electron chi connectivity index (χ3n) is 5.38. The van der Waals surface area contributed by atoms with Gasteiger partial charge in [0.25, 0.3) is 5.91 Å². The highest BCUT2D eigenvalue weighted by molar-refractivity contribution is 7.89. The third kappa shape index (κ3) is 6.42. The summed E-state index contributed by atoms with van der Waals surface area (Å²) in [6.45, 7) is 11.9. The van der Waals surface area contributed by atoms with Crippen LogP contribution in [-0.4, -0.2) is 44.3 Å². The molecule has 2 aromatic rings. The molecular weight excluding hydrogens is 440 g/mol. The van der Waals surface area contributed by atoms with Gasteiger partial charge >= 0.3 is 5.97 Å². The van der Waals surface area contributed by atoms with Gasteiger partial charge in [0.1, 0.15) is 0 Å². The fourth-order valence-electron chi connectivity index (χ4n) is 3.58. The molecule has 1 amide bonds. The van der Waals surface area contributed by atoms with E-state index in [1.165, 1.54) is 28.6 Å². The summed E-state index contributed by atoms with van der Waals surface area (Å²) in [5.74, 6) is -0.803. The molecular formula is C25H34N2O5S. The highest BCUT2D eigenvalue weighted by Gasteiger charge is 2.23. The van der Waals surface area contributed by atoms with Crippen LogP contribution in [0.15, 0.2) is 47.4 Å². The van der Waals surface area contributed by atoms with Gasteiger partial charge in [-0.25, -0.2) is 13.2 Å². The van der Waals surface area contributed by atoms with Gasteiger partial charge in [-0.15, -0.1) is 0 Å². The summed E-state index contributed by atoms with van der Waals surface area (Å²) in [7, 11) is -3.71. The van der Waals surface area contributed by atoms with Crippen molar-refractivity contribution in [3.05, 3.63) is 59.2 Å². The van der Waals surface area contributed by atoms with Crippen molar-refractivity contribution in [1.29, 1.82) is 0 Å². The zero-order valence-corrected chi connectivity index (χ0v) is 21.0. The molecule has 0 unspecified atom stereocenters. The Morgan fingerprint density at radius 1 is 0.939 bits per heavy atom. The van der Waals surface area contributed by atoms with E-state index >= 15 is 0 Å². The van der Waals surface area contributed by atoms with E-state index in [0.717, 1.165) is 16.8 Å². The van der Waals surface area contributed by atoms with Gasteiger partial charge in [-0.3, -0.25) is 4.79 Å². The average molecular weight is 475 g/mol. The maximum atomic E-state index is 12.7. The van der Waals surface area contributed by atoms with Gasteiger partial charge in [-0.05, 0) is 41.2 Å². The Morgan fingerprint density at radius 3 is 2.00 bits per heavy atom. The van der Waals surface area contributed by atoms with Crippen molar-refractivity contribution in [3.63, 3.8) is 0 Å². The summed E-state index contributed by atoms with van der Waals surface area (Å²) < 4.78 is 31.9. The van der Waals surface area contributed by atoms with Gasteiger partial charge in [-0.2, -0.15) is 4.31 Å². The summed E-state index contributed by atoms with van der Waals surface area (Å²) in [5, 5.41) is 2.90. The lowest BCUT2D eigenvalue weighted by Crippen LogP contribution is -2.30. The lowest BCUT2D eigenvalue weighted by Gasteiger charge is -2.20. The van der Waals surface area contributed by atoms with Gasteiger partial charge in [0.05, 0.1) is 10.5 Å². The van der Waals surface area contributed by atoms with Crippen molar-refractivity contribution >= 4 is 27.6 Å². The van der Waals surface area contributed by atoms with Crippen LogP contribution in [0.2, 0.25) is 0 Å². The second kappa shape index (κ2) is 11.4. The fraction of sp³-hybridized carbons (Fsp3) is 0.440. The largest absolute Gasteiger partial charge is 0.452 e. The van der Waals surface area contributed by atoms with E-state index in [1.54, 1.807) is 13.8 Å². The summed E-state index contributed by atoms with van der Waals surface area (Å²) in [6.07, 6.45) is 0.